The number of carbonyl (C=O) groups excluding carboxylic acids is 1. The van der Waals surface area contributed by atoms with E-state index in [-0.39, 0.29) is 18.9 Å². The summed E-state index contributed by atoms with van der Waals surface area (Å²) in [5.74, 6) is -0.266. The Bertz CT molecular complexity index is 844. The molecule has 0 radical (unpaired) electrons. The summed E-state index contributed by atoms with van der Waals surface area (Å²) in [6, 6.07) is 9.22. The van der Waals surface area contributed by atoms with Gasteiger partial charge in [-0.3, -0.25) is 9.59 Å². The molecule has 32 heavy (non-hydrogen) atoms. The number of carboxylic acid groups (broad SMARTS) is 1. The fourth-order valence-electron chi connectivity index (χ4n) is 3.61. The Balaban J connectivity index is 1.87. The summed E-state index contributed by atoms with van der Waals surface area (Å²) < 4.78 is 27.9. The smallest absolute Gasteiger partial charge is 0.327 e. The van der Waals surface area contributed by atoms with Gasteiger partial charge in [0.2, 0.25) is 0 Å². The fourth-order valence-corrected chi connectivity index (χ4v) is 3.61. The van der Waals surface area contributed by atoms with E-state index in [2.05, 4.69) is 24.0 Å². The molecule has 174 valence electrons. The van der Waals surface area contributed by atoms with E-state index in [0.717, 1.165) is 24.2 Å². The van der Waals surface area contributed by atoms with E-state index in [4.69, 9.17) is 5.11 Å². The SMILES string of the molecule is C[C@@H](CCCc1ccccc1)[C@H](O)C=CC1CC(F)(F)C(=O)N1CC#CCCCC(=O)O. The second-order valence-corrected chi connectivity index (χ2v) is 8.24. The Kier molecular flexibility index (Phi) is 9.86. The molecule has 1 aromatic rings. The zero-order valence-corrected chi connectivity index (χ0v) is 18.3. The van der Waals surface area contributed by atoms with Crippen LogP contribution in [0.15, 0.2) is 42.5 Å². The highest BCUT2D eigenvalue weighted by Crippen LogP contribution is 2.34. The lowest BCUT2D eigenvalue weighted by Crippen LogP contribution is -2.36. The first-order valence-corrected chi connectivity index (χ1v) is 11.0. The van der Waals surface area contributed by atoms with Crippen molar-refractivity contribution in [1.29, 1.82) is 0 Å². The number of carboxylic acids is 1. The summed E-state index contributed by atoms with van der Waals surface area (Å²) in [4.78, 5) is 23.5. The van der Waals surface area contributed by atoms with Gasteiger partial charge in [-0.05, 0) is 37.2 Å². The number of aliphatic hydroxyl groups excluding tert-OH is 1. The molecule has 1 aromatic carbocycles. The molecule has 0 saturated carbocycles. The maximum atomic E-state index is 14.0. The number of amides is 1. The molecule has 5 nitrogen and oxygen atoms in total. The number of carbonyl (C=O) groups is 2. The molecule has 0 aromatic heterocycles. The molecule has 2 N–H and O–H groups in total. The summed E-state index contributed by atoms with van der Waals surface area (Å²) in [5.41, 5.74) is 1.23. The van der Waals surface area contributed by atoms with Crippen LogP contribution < -0.4 is 0 Å². The van der Waals surface area contributed by atoms with Gasteiger partial charge in [-0.15, -0.1) is 5.92 Å². The Hall–Kier alpha value is -2.72. The molecule has 3 atom stereocenters. The summed E-state index contributed by atoms with van der Waals surface area (Å²) in [6.45, 7) is 1.76. The Morgan fingerprint density at radius 1 is 1.28 bits per heavy atom. The van der Waals surface area contributed by atoms with Crippen molar-refractivity contribution in [2.75, 3.05) is 6.54 Å². The van der Waals surface area contributed by atoms with Crippen molar-refractivity contribution < 1.29 is 28.6 Å². The van der Waals surface area contributed by atoms with Gasteiger partial charge in [0.25, 0.3) is 5.91 Å². The van der Waals surface area contributed by atoms with Crippen LogP contribution in [0.1, 0.15) is 51.0 Å². The van der Waals surface area contributed by atoms with E-state index in [9.17, 15) is 23.5 Å². The zero-order chi connectivity index (χ0) is 23.6. The molecular formula is C25H31F2NO4. The van der Waals surface area contributed by atoms with Gasteiger partial charge < -0.3 is 15.1 Å². The Labute approximate surface area is 188 Å². The number of aryl methyl sites for hydroxylation is 1. The first-order valence-electron chi connectivity index (χ1n) is 11.0. The third-order valence-electron chi connectivity index (χ3n) is 5.59. The highest BCUT2D eigenvalue weighted by Gasteiger charge is 2.52. The second kappa shape index (κ2) is 12.4. The lowest BCUT2D eigenvalue weighted by molar-refractivity contribution is -0.147. The average Bonchev–Trinajstić information content (AvgIpc) is 2.97. The summed E-state index contributed by atoms with van der Waals surface area (Å²) in [7, 11) is 0. The number of benzene rings is 1. The predicted molar refractivity (Wildman–Crippen MR) is 118 cm³/mol. The van der Waals surface area contributed by atoms with Gasteiger partial charge in [-0.2, -0.15) is 8.78 Å². The van der Waals surface area contributed by atoms with Crippen LogP contribution in [0.5, 0.6) is 0 Å². The predicted octanol–water partition coefficient (Wildman–Crippen LogP) is 4.06. The maximum Gasteiger partial charge on any atom is 0.327 e. The minimum atomic E-state index is -3.45. The van der Waals surface area contributed by atoms with Crippen LogP contribution in [-0.4, -0.2) is 51.6 Å². The van der Waals surface area contributed by atoms with Gasteiger partial charge in [-0.1, -0.05) is 55.3 Å². The maximum absolute atomic E-state index is 14.0. The van der Waals surface area contributed by atoms with Gasteiger partial charge in [-0.25, -0.2) is 0 Å². The average molecular weight is 448 g/mol. The van der Waals surface area contributed by atoms with E-state index in [1.54, 1.807) is 0 Å². The number of hydrogen-bond acceptors (Lipinski definition) is 3. The number of alkyl halides is 2. The normalized spacial score (nSPS) is 19.6. The third-order valence-corrected chi connectivity index (χ3v) is 5.59. The quantitative estimate of drug-likeness (QED) is 0.305. The molecule has 2 rings (SSSR count). The van der Waals surface area contributed by atoms with Crippen LogP contribution in [0.25, 0.3) is 0 Å². The second-order valence-electron chi connectivity index (χ2n) is 8.24. The Morgan fingerprint density at radius 2 is 2.00 bits per heavy atom. The van der Waals surface area contributed by atoms with E-state index in [1.807, 2.05) is 25.1 Å². The van der Waals surface area contributed by atoms with Crippen LogP contribution >= 0.6 is 0 Å². The van der Waals surface area contributed by atoms with Crippen LogP contribution in [0.4, 0.5) is 8.78 Å². The lowest BCUT2D eigenvalue weighted by Gasteiger charge is -2.20. The number of aliphatic carboxylic acids is 1. The number of rotatable bonds is 11. The molecular weight excluding hydrogens is 416 g/mol. The van der Waals surface area contributed by atoms with Crippen molar-refractivity contribution in [3.05, 3.63) is 48.0 Å². The van der Waals surface area contributed by atoms with Crippen LogP contribution in [0.3, 0.4) is 0 Å². The number of unbranched alkanes of at least 4 members (excludes halogenated alkanes) is 1. The van der Waals surface area contributed by atoms with Crippen molar-refractivity contribution in [2.45, 2.75) is 69.9 Å². The molecule has 0 aliphatic carbocycles. The topological polar surface area (TPSA) is 77.8 Å². The van der Waals surface area contributed by atoms with E-state index in [1.165, 1.54) is 17.7 Å². The van der Waals surface area contributed by atoms with Gasteiger partial charge in [0, 0.05) is 19.3 Å². The van der Waals surface area contributed by atoms with Crippen molar-refractivity contribution in [2.24, 2.45) is 5.92 Å². The number of hydrogen-bond donors (Lipinski definition) is 2. The standard InChI is InChI=1S/C25H31F2NO4/c1-19(10-9-13-20-11-5-4-6-12-20)22(29)16-15-21-18-25(26,27)24(32)28(21)17-8-3-2-7-14-23(30)31/h4-6,11-12,15-16,19,21-22,29H,2,7,9-10,13-14,17-18H2,1H3,(H,30,31)/t19-,21?,22+/m0/s1. The number of likely N-dealkylation sites (tertiary alicyclic amines) is 1. The minimum absolute atomic E-state index is 0.0117. The molecule has 1 fully saturated rings. The molecule has 0 spiro atoms. The van der Waals surface area contributed by atoms with Crippen molar-refractivity contribution >= 4 is 11.9 Å². The van der Waals surface area contributed by atoms with Crippen LogP contribution in [-0.2, 0) is 16.0 Å². The first-order chi connectivity index (χ1) is 15.2. The molecule has 7 heteroatoms. The Morgan fingerprint density at radius 3 is 2.69 bits per heavy atom. The largest absolute Gasteiger partial charge is 0.481 e. The third kappa shape index (κ3) is 8.08. The van der Waals surface area contributed by atoms with E-state index >= 15 is 0 Å². The molecule has 1 aliphatic heterocycles. The van der Waals surface area contributed by atoms with E-state index in [0.29, 0.717) is 12.8 Å². The molecule has 1 amide bonds. The van der Waals surface area contributed by atoms with Gasteiger partial charge in [0.1, 0.15) is 0 Å². The molecule has 1 saturated heterocycles. The van der Waals surface area contributed by atoms with Crippen molar-refractivity contribution in [1.82, 2.24) is 4.90 Å². The van der Waals surface area contributed by atoms with Gasteiger partial charge >= 0.3 is 11.9 Å². The number of nitrogens with zero attached hydrogens (tertiary/aromatic N) is 1. The monoisotopic (exact) mass is 447 g/mol. The number of aliphatic hydroxyl groups is 1. The molecule has 1 heterocycles. The summed E-state index contributed by atoms with van der Waals surface area (Å²) in [5, 5.41) is 19.0. The summed E-state index contributed by atoms with van der Waals surface area (Å²) in [6.07, 6.45) is 4.81. The fraction of sp³-hybridized carbons (Fsp3) is 0.520. The zero-order valence-electron chi connectivity index (χ0n) is 18.3. The van der Waals surface area contributed by atoms with Gasteiger partial charge in [0.05, 0.1) is 18.7 Å². The molecule has 1 unspecified atom stereocenters. The first kappa shape index (κ1) is 25.5. The van der Waals surface area contributed by atoms with Crippen LogP contribution in [0, 0.1) is 17.8 Å². The van der Waals surface area contributed by atoms with E-state index < -0.39 is 36.4 Å². The lowest BCUT2D eigenvalue weighted by atomic mass is 9.95. The molecule has 1 aliphatic rings. The molecule has 0 bridgehead atoms. The van der Waals surface area contributed by atoms with Crippen molar-refractivity contribution in [3.8, 4) is 11.8 Å². The summed E-state index contributed by atoms with van der Waals surface area (Å²) >= 11 is 0. The highest BCUT2D eigenvalue weighted by atomic mass is 19.3. The van der Waals surface area contributed by atoms with Crippen molar-refractivity contribution in [3.63, 3.8) is 0 Å². The highest BCUT2D eigenvalue weighted by molar-refractivity contribution is 5.86. The minimum Gasteiger partial charge on any atom is -0.481 e. The van der Waals surface area contributed by atoms with Gasteiger partial charge in [0.15, 0.2) is 0 Å². The van der Waals surface area contributed by atoms with Crippen LogP contribution in [0.2, 0.25) is 0 Å². The number of halogens is 2.